The summed E-state index contributed by atoms with van der Waals surface area (Å²) in [5, 5.41) is 2.66. The van der Waals surface area contributed by atoms with Crippen molar-refractivity contribution in [2.24, 2.45) is 0 Å². The molecule has 1 amide bonds. The molecule has 1 saturated heterocycles. The van der Waals surface area contributed by atoms with Crippen LogP contribution in [0.15, 0.2) is 42.5 Å². The second kappa shape index (κ2) is 5.63. The zero-order valence-electron chi connectivity index (χ0n) is 11.0. The maximum absolute atomic E-state index is 12.8. The van der Waals surface area contributed by atoms with Crippen LogP contribution in [0.4, 0.5) is 9.18 Å². The number of nitrogens with zero attached hydrogens (tertiary/aromatic N) is 1. The van der Waals surface area contributed by atoms with Crippen molar-refractivity contribution < 1.29 is 13.9 Å². The summed E-state index contributed by atoms with van der Waals surface area (Å²) in [4.78, 5) is 15.4. The number of rotatable bonds is 1. The minimum Gasteiger partial charge on any atom is -0.447 e. The SMILES string of the molecule is O=C1N[C@H](c2cccc(C#Cc3ccc(F)cc3)n2)CO1. The van der Waals surface area contributed by atoms with Gasteiger partial charge in [0, 0.05) is 5.56 Å². The molecule has 4 nitrogen and oxygen atoms in total. The minimum absolute atomic E-state index is 0.245. The van der Waals surface area contributed by atoms with Gasteiger partial charge in [0.1, 0.15) is 24.2 Å². The van der Waals surface area contributed by atoms with Crippen LogP contribution in [0.2, 0.25) is 0 Å². The summed E-state index contributed by atoms with van der Waals surface area (Å²) in [5.74, 6) is 5.54. The number of pyridine rings is 1. The molecule has 1 aromatic heterocycles. The molecule has 2 heterocycles. The van der Waals surface area contributed by atoms with Gasteiger partial charge in [0.25, 0.3) is 0 Å². The number of aromatic nitrogens is 1. The second-order valence-electron chi connectivity index (χ2n) is 4.50. The number of ether oxygens (including phenoxy) is 1. The first-order valence-electron chi connectivity index (χ1n) is 6.38. The summed E-state index contributed by atoms with van der Waals surface area (Å²) in [6, 6.07) is 11.1. The molecule has 2 aromatic rings. The molecule has 1 aliphatic rings. The van der Waals surface area contributed by atoms with Crippen molar-refractivity contribution >= 4 is 6.09 Å². The van der Waals surface area contributed by atoms with E-state index in [-0.39, 0.29) is 18.5 Å². The van der Waals surface area contributed by atoms with Crippen LogP contribution < -0.4 is 5.32 Å². The van der Waals surface area contributed by atoms with Gasteiger partial charge < -0.3 is 10.1 Å². The summed E-state index contributed by atoms with van der Waals surface area (Å²) in [5.41, 5.74) is 1.99. The third kappa shape index (κ3) is 3.18. The lowest BCUT2D eigenvalue weighted by Gasteiger charge is -2.06. The number of cyclic esters (lactones) is 1. The highest BCUT2D eigenvalue weighted by Crippen LogP contribution is 2.16. The van der Waals surface area contributed by atoms with Crippen LogP contribution in [0.3, 0.4) is 0 Å². The summed E-state index contributed by atoms with van der Waals surface area (Å²) in [7, 11) is 0. The fourth-order valence-corrected chi connectivity index (χ4v) is 1.93. The standard InChI is InChI=1S/C16H11FN2O2/c17-12-7-4-11(5-8-12)6-9-13-2-1-3-14(18-13)15-10-21-16(20)19-15/h1-5,7-8,15H,10H2,(H,19,20)/t15-/m0/s1. The lowest BCUT2D eigenvalue weighted by atomic mass is 10.2. The van der Waals surface area contributed by atoms with Crippen molar-refractivity contribution in [1.82, 2.24) is 10.3 Å². The van der Waals surface area contributed by atoms with Gasteiger partial charge in [-0.1, -0.05) is 12.0 Å². The molecule has 0 bridgehead atoms. The molecule has 21 heavy (non-hydrogen) atoms. The molecule has 3 rings (SSSR count). The molecule has 0 unspecified atom stereocenters. The molecule has 1 fully saturated rings. The van der Waals surface area contributed by atoms with E-state index in [0.29, 0.717) is 17.0 Å². The lowest BCUT2D eigenvalue weighted by molar-refractivity contribution is 0.177. The van der Waals surface area contributed by atoms with Crippen LogP contribution in [0.25, 0.3) is 0 Å². The first-order chi connectivity index (χ1) is 10.2. The number of carbonyl (C=O) groups excluding carboxylic acids is 1. The Balaban J connectivity index is 1.80. The Hall–Kier alpha value is -2.87. The number of amides is 1. The van der Waals surface area contributed by atoms with Gasteiger partial charge in [-0.3, -0.25) is 0 Å². The molecular formula is C16H11FN2O2. The van der Waals surface area contributed by atoms with Crippen LogP contribution in [0.5, 0.6) is 0 Å². The van der Waals surface area contributed by atoms with Crippen LogP contribution in [-0.4, -0.2) is 17.7 Å². The molecule has 0 saturated carbocycles. The zero-order valence-corrected chi connectivity index (χ0v) is 11.0. The largest absolute Gasteiger partial charge is 0.447 e. The summed E-state index contributed by atoms with van der Waals surface area (Å²) in [6.45, 7) is 0.265. The van der Waals surface area contributed by atoms with E-state index in [2.05, 4.69) is 22.1 Å². The number of hydrogen-bond donors (Lipinski definition) is 1. The van der Waals surface area contributed by atoms with Crippen molar-refractivity contribution in [2.45, 2.75) is 6.04 Å². The molecule has 1 N–H and O–H groups in total. The first kappa shape index (κ1) is 13.1. The molecular weight excluding hydrogens is 271 g/mol. The average Bonchev–Trinajstić information content (AvgIpc) is 2.94. The molecule has 1 aromatic carbocycles. The van der Waals surface area contributed by atoms with Crippen molar-refractivity contribution in [2.75, 3.05) is 6.61 Å². The van der Waals surface area contributed by atoms with Gasteiger partial charge in [-0.05, 0) is 42.3 Å². The predicted molar refractivity (Wildman–Crippen MR) is 73.8 cm³/mol. The summed E-state index contributed by atoms with van der Waals surface area (Å²) in [6.07, 6.45) is -0.440. The highest BCUT2D eigenvalue weighted by Gasteiger charge is 2.24. The van der Waals surface area contributed by atoms with E-state index in [1.165, 1.54) is 12.1 Å². The monoisotopic (exact) mass is 282 g/mol. The Kier molecular flexibility index (Phi) is 3.52. The predicted octanol–water partition coefficient (Wildman–Crippen LogP) is 2.40. The van der Waals surface area contributed by atoms with E-state index in [9.17, 15) is 9.18 Å². The third-order valence-corrected chi connectivity index (χ3v) is 2.98. The third-order valence-electron chi connectivity index (χ3n) is 2.98. The first-order valence-corrected chi connectivity index (χ1v) is 6.38. The van der Waals surface area contributed by atoms with Crippen LogP contribution in [0.1, 0.15) is 23.0 Å². The van der Waals surface area contributed by atoms with Gasteiger partial charge in [0.05, 0.1) is 5.69 Å². The van der Waals surface area contributed by atoms with Gasteiger partial charge in [-0.25, -0.2) is 14.2 Å². The van der Waals surface area contributed by atoms with Gasteiger partial charge >= 0.3 is 6.09 Å². The van der Waals surface area contributed by atoms with Crippen LogP contribution >= 0.6 is 0 Å². The average molecular weight is 282 g/mol. The Morgan fingerprint density at radius 1 is 1.19 bits per heavy atom. The quantitative estimate of drug-likeness (QED) is 0.817. The van der Waals surface area contributed by atoms with Gasteiger partial charge in [-0.15, -0.1) is 0 Å². The minimum atomic E-state index is -0.440. The summed E-state index contributed by atoms with van der Waals surface area (Å²) >= 11 is 0. The molecule has 0 spiro atoms. The van der Waals surface area contributed by atoms with Crippen molar-refractivity contribution in [3.05, 3.63) is 65.2 Å². The van der Waals surface area contributed by atoms with Crippen LogP contribution in [0, 0.1) is 17.7 Å². The van der Waals surface area contributed by atoms with Gasteiger partial charge in [0.15, 0.2) is 0 Å². The normalized spacial score (nSPS) is 16.6. The molecule has 1 atom stereocenters. The Morgan fingerprint density at radius 3 is 2.71 bits per heavy atom. The fraction of sp³-hybridized carbons (Fsp3) is 0.125. The van der Waals surface area contributed by atoms with Crippen LogP contribution in [-0.2, 0) is 4.74 Å². The van der Waals surface area contributed by atoms with E-state index < -0.39 is 6.09 Å². The van der Waals surface area contributed by atoms with Crippen molar-refractivity contribution in [1.29, 1.82) is 0 Å². The smallest absolute Gasteiger partial charge is 0.407 e. The Labute approximate surface area is 121 Å². The topological polar surface area (TPSA) is 51.2 Å². The number of hydrogen-bond acceptors (Lipinski definition) is 3. The maximum atomic E-state index is 12.8. The van der Waals surface area contributed by atoms with E-state index >= 15 is 0 Å². The zero-order chi connectivity index (χ0) is 14.7. The summed E-state index contributed by atoms with van der Waals surface area (Å²) < 4.78 is 17.6. The molecule has 0 aliphatic carbocycles. The number of benzene rings is 1. The van der Waals surface area contributed by atoms with Gasteiger partial charge in [-0.2, -0.15) is 0 Å². The number of nitrogens with one attached hydrogen (secondary N) is 1. The Morgan fingerprint density at radius 2 is 2.00 bits per heavy atom. The number of carbonyl (C=O) groups is 1. The van der Waals surface area contributed by atoms with E-state index in [0.717, 1.165) is 0 Å². The lowest BCUT2D eigenvalue weighted by Crippen LogP contribution is -2.19. The van der Waals surface area contributed by atoms with Crippen molar-refractivity contribution in [3.8, 4) is 11.8 Å². The molecule has 0 radical (unpaired) electrons. The Bertz CT molecular complexity index is 732. The molecule has 1 aliphatic heterocycles. The van der Waals surface area contributed by atoms with Crippen molar-refractivity contribution in [3.63, 3.8) is 0 Å². The van der Waals surface area contributed by atoms with Gasteiger partial charge in [0.2, 0.25) is 0 Å². The van der Waals surface area contributed by atoms with E-state index in [4.69, 9.17) is 4.74 Å². The maximum Gasteiger partial charge on any atom is 0.407 e. The highest BCUT2D eigenvalue weighted by molar-refractivity contribution is 5.69. The van der Waals surface area contributed by atoms with E-state index in [1.807, 2.05) is 12.1 Å². The molecule has 5 heteroatoms. The number of halogens is 1. The molecule has 104 valence electrons. The van der Waals surface area contributed by atoms with E-state index in [1.54, 1.807) is 18.2 Å². The number of alkyl carbamates (subject to hydrolysis) is 1. The highest BCUT2D eigenvalue weighted by atomic mass is 19.1. The second-order valence-corrected chi connectivity index (χ2v) is 4.50. The fourth-order valence-electron chi connectivity index (χ4n) is 1.93.